The minimum Gasteiger partial charge on any atom is -0.367 e. The number of rotatable bonds is 7. The molecule has 9 heteroatoms. The zero-order valence-electron chi connectivity index (χ0n) is 21.4. The van der Waals surface area contributed by atoms with Crippen molar-refractivity contribution in [2.75, 3.05) is 26.0 Å². The highest BCUT2D eigenvalue weighted by atomic mass is 32.2. The minimum absolute atomic E-state index is 0.0318. The molecule has 2 fully saturated rings. The Kier molecular flexibility index (Phi) is 8.61. The number of carbonyl (C=O) groups excluding carboxylic acids is 2. The molecule has 0 unspecified atom stereocenters. The number of hydrogen-bond donors (Lipinski definition) is 3. The van der Waals surface area contributed by atoms with E-state index in [-0.39, 0.29) is 34.7 Å². The molecule has 1 aromatic carbocycles. The Morgan fingerprint density at radius 1 is 1.31 bits per heavy atom. The summed E-state index contributed by atoms with van der Waals surface area (Å²) in [5.41, 5.74) is 1.87. The highest BCUT2D eigenvalue weighted by Crippen LogP contribution is 2.46. The fourth-order valence-electron chi connectivity index (χ4n) is 5.59. The highest BCUT2D eigenvalue weighted by Gasteiger charge is 2.55. The second-order valence-corrected chi connectivity index (χ2v) is 12.0. The lowest BCUT2D eigenvalue weighted by atomic mass is 9.83. The number of thiocarbonyl (C=S) groups is 1. The van der Waals surface area contributed by atoms with Gasteiger partial charge in [-0.05, 0) is 49.1 Å². The van der Waals surface area contributed by atoms with Gasteiger partial charge in [-0.3, -0.25) is 9.59 Å². The van der Waals surface area contributed by atoms with Crippen molar-refractivity contribution in [3.63, 3.8) is 0 Å². The first-order valence-electron chi connectivity index (χ1n) is 12.5. The van der Waals surface area contributed by atoms with Crippen LogP contribution in [0.3, 0.4) is 0 Å². The molecule has 0 radical (unpaired) electrons. The van der Waals surface area contributed by atoms with Crippen LogP contribution in [0, 0.1) is 17.3 Å². The quantitative estimate of drug-likeness (QED) is 0.370. The lowest BCUT2D eigenvalue weighted by molar-refractivity contribution is -0.143. The molecule has 0 spiro atoms. The summed E-state index contributed by atoms with van der Waals surface area (Å²) in [5, 5.41) is 9.51. The van der Waals surface area contributed by atoms with Crippen molar-refractivity contribution in [3.05, 3.63) is 35.4 Å². The van der Waals surface area contributed by atoms with E-state index in [1.165, 1.54) is 5.56 Å². The minimum atomic E-state index is -0.577. The number of amides is 2. The van der Waals surface area contributed by atoms with Crippen LogP contribution in [-0.2, 0) is 20.7 Å². The highest BCUT2D eigenvalue weighted by molar-refractivity contribution is 7.99. The van der Waals surface area contributed by atoms with Crippen molar-refractivity contribution in [1.82, 2.24) is 20.9 Å². The summed E-state index contributed by atoms with van der Waals surface area (Å²) in [4.78, 5) is 30.2. The molecule has 1 aliphatic carbocycles. The lowest BCUT2D eigenvalue weighted by Crippen LogP contribution is -2.57. The van der Waals surface area contributed by atoms with Gasteiger partial charge in [0.2, 0.25) is 11.8 Å². The number of hydrogen-bond acceptors (Lipinski definition) is 6. The Morgan fingerprint density at radius 3 is 2.83 bits per heavy atom. The number of nitrogens with one attached hydrogen (secondary N) is 3. The van der Waals surface area contributed by atoms with E-state index in [4.69, 9.17) is 17.0 Å². The van der Waals surface area contributed by atoms with Crippen LogP contribution >= 0.6 is 24.0 Å². The van der Waals surface area contributed by atoms with Gasteiger partial charge in [0.15, 0.2) is 0 Å². The maximum Gasteiger partial charge on any atom is 0.246 e. The van der Waals surface area contributed by atoms with Gasteiger partial charge < -0.3 is 25.6 Å². The predicted octanol–water partition coefficient (Wildman–Crippen LogP) is 2.40. The van der Waals surface area contributed by atoms with Crippen LogP contribution in [0.1, 0.15) is 50.8 Å². The number of likely N-dealkylation sites (N-methyl/N-ethyl adjacent to an activating group) is 1. The standard InChI is InChI=1S/C27H36N4O3S2/c1-5-6-12-34-20-14-17-9-7-8-10-18(17)23(20)30-25(32)24-27(2,3)15-22-31(24)26(33)19(11-13-36-22)29-21(35)16-28-4/h7-10,19-20,22-24,28H,11-16H2,1-4H3,(H,29,35)(H,30,32)/t19-,20+,22-,23-,24+/m0/s1. The molecule has 5 atom stereocenters. The van der Waals surface area contributed by atoms with Crippen LogP contribution in [0.5, 0.6) is 0 Å². The molecule has 3 N–H and O–H groups in total. The van der Waals surface area contributed by atoms with Crippen molar-refractivity contribution in [1.29, 1.82) is 0 Å². The van der Waals surface area contributed by atoms with Gasteiger partial charge in [0, 0.05) is 13.0 Å². The second-order valence-electron chi connectivity index (χ2n) is 10.3. The van der Waals surface area contributed by atoms with Crippen LogP contribution in [0.25, 0.3) is 0 Å². The zero-order chi connectivity index (χ0) is 25.9. The number of fused-ring (bicyclic) bond motifs is 2. The van der Waals surface area contributed by atoms with E-state index in [1.807, 2.05) is 30.1 Å². The second kappa shape index (κ2) is 11.5. The van der Waals surface area contributed by atoms with Crippen LogP contribution in [0.15, 0.2) is 24.3 Å². The lowest BCUT2D eigenvalue weighted by Gasteiger charge is -2.35. The molecule has 2 saturated heterocycles. The molecule has 1 aromatic rings. The number of nitrogens with zero attached hydrogens (tertiary/aromatic N) is 1. The first-order chi connectivity index (χ1) is 17.3. The van der Waals surface area contributed by atoms with Gasteiger partial charge in [-0.2, -0.15) is 0 Å². The monoisotopic (exact) mass is 528 g/mol. The van der Waals surface area contributed by atoms with Crippen molar-refractivity contribution in [3.8, 4) is 11.8 Å². The molecule has 2 heterocycles. The van der Waals surface area contributed by atoms with Gasteiger partial charge in [-0.15, -0.1) is 17.7 Å². The topological polar surface area (TPSA) is 82.7 Å². The molecule has 2 amide bonds. The molecule has 0 aromatic heterocycles. The molecule has 36 heavy (non-hydrogen) atoms. The Hall–Kier alpha value is -2.12. The van der Waals surface area contributed by atoms with E-state index in [2.05, 4.69) is 47.7 Å². The number of benzene rings is 1. The third kappa shape index (κ3) is 5.57. The maximum absolute atomic E-state index is 14.0. The largest absolute Gasteiger partial charge is 0.367 e. The summed E-state index contributed by atoms with van der Waals surface area (Å²) < 4.78 is 6.08. The Bertz CT molecular complexity index is 1070. The van der Waals surface area contributed by atoms with E-state index in [0.29, 0.717) is 24.6 Å². The van der Waals surface area contributed by atoms with Crippen molar-refractivity contribution < 1.29 is 14.3 Å². The first kappa shape index (κ1) is 26.9. The summed E-state index contributed by atoms with van der Waals surface area (Å²) in [5.74, 6) is 6.48. The van der Waals surface area contributed by atoms with E-state index < -0.39 is 12.1 Å². The molecule has 0 saturated carbocycles. The van der Waals surface area contributed by atoms with Crippen molar-refractivity contribution >= 4 is 40.8 Å². The van der Waals surface area contributed by atoms with Crippen LogP contribution in [-0.4, -0.2) is 71.2 Å². The van der Waals surface area contributed by atoms with E-state index in [9.17, 15) is 9.59 Å². The third-order valence-corrected chi connectivity index (χ3v) is 8.76. The molecular formula is C27H36N4O3S2. The molecule has 194 valence electrons. The molecular weight excluding hydrogens is 492 g/mol. The molecule has 7 nitrogen and oxygen atoms in total. The van der Waals surface area contributed by atoms with E-state index >= 15 is 0 Å². The van der Waals surface area contributed by atoms with Gasteiger partial charge in [0.05, 0.1) is 22.5 Å². The Morgan fingerprint density at radius 2 is 2.08 bits per heavy atom. The fraction of sp³-hybridized carbons (Fsp3) is 0.593. The third-order valence-electron chi connectivity index (χ3n) is 7.25. The molecule has 2 aliphatic heterocycles. The van der Waals surface area contributed by atoms with Gasteiger partial charge in [0.25, 0.3) is 0 Å². The van der Waals surface area contributed by atoms with Crippen LogP contribution in [0.4, 0.5) is 0 Å². The summed E-state index contributed by atoms with van der Waals surface area (Å²) in [6, 6.07) is 6.84. The molecule has 4 rings (SSSR count). The summed E-state index contributed by atoms with van der Waals surface area (Å²) in [6.07, 6.45) is 1.97. The summed E-state index contributed by atoms with van der Waals surface area (Å²) in [6.45, 7) is 6.78. The Balaban J connectivity index is 1.57. The number of ether oxygens (including phenoxy) is 1. The summed E-state index contributed by atoms with van der Waals surface area (Å²) in [7, 11) is 1.82. The number of carbonyl (C=O) groups is 2. The van der Waals surface area contributed by atoms with Gasteiger partial charge >= 0.3 is 0 Å². The van der Waals surface area contributed by atoms with Gasteiger partial charge in [0.1, 0.15) is 18.7 Å². The van der Waals surface area contributed by atoms with E-state index in [0.717, 1.165) is 24.2 Å². The Labute approximate surface area is 223 Å². The van der Waals surface area contributed by atoms with Crippen LogP contribution < -0.4 is 16.0 Å². The van der Waals surface area contributed by atoms with Gasteiger partial charge in [-0.1, -0.05) is 56.3 Å². The maximum atomic E-state index is 14.0. The summed E-state index contributed by atoms with van der Waals surface area (Å²) >= 11 is 7.17. The smallest absolute Gasteiger partial charge is 0.246 e. The normalized spacial score (nSPS) is 28.4. The average molecular weight is 529 g/mol. The zero-order valence-corrected chi connectivity index (χ0v) is 23.1. The fourth-order valence-corrected chi connectivity index (χ4v) is 7.46. The van der Waals surface area contributed by atoms with Crippen molar-refractivity contribution in [2.45, 2.75) is 69.6 Å². The predicted molar refractivity (Wildman–Crippen MR) is 148 cm³/mol. The van der Waals surface area contributed by atoms with Gasteiger partial charge in [-0.25, -0.2) is 0 Å². The van der Waals surface area contributed by atoms with Crippen LogP contribution in [0.2, 0.25) is 0 Å². The molecule has 3 aliphatic rings. The van der Waals surface area contributed by atoms with Crippen molar-refractivity contribution in [2.24, 2.45) is 5.41 Å². The average Bonchev–Trinajstić information content (AvgIpc) is 3.26. The molecule has 0 bridgehead atoms. The SMILES string of the molecule is CC#CCO[C@@H]1Cc2ccccc2[C@@H]1NC(=O)[C@H]1N2C(=O)[C@@H](NC(=S)CNC)CCS[C@H]2CC1(C)C. The number of thioether (sulfide) groups is 1. The van der Waals surface area contributed by atoms with E-state index in [1.54, 1.807) is 18.7 Å². The first-order valence-corrected chi connectivity index (χ1v) is 14.0.